The molecule has 0 radical (unpaired) electrons. The molecule has 0 spiro atoms. The summed E-state index contributed by atoms with van der Waals surface area (Å²) in [5.41, 5.74) is 16.1. The number of hydrogen-bond acceptors (Lipinski definition) is 2. The molecular weight excluding hydrogens is 455 g/mol. The molecule has 6 rings (SSSR count). The number of rotatable bonds is 2. The molecule has 1 unspecified atom stereocenters. The first-order valence-electron chi connectivity index (χ1n) is 12.7. The summed E-state index contributed by atoms with van der Waals surface area (Å²) in [6, 6.07) is 28.9. The van der Waals surface area contributed by atoms with Gasteiger partial charge >= 0.3 is 0 Å². The number of nitrogens with two attached hydrogens (primary N) is 1. The number of anilines is 2. The van der Waals surface area contributed by atoms with Gasteiger partial charge in [-0.2, -0.15) is 0 Å². The molecule has 1 aliphatic heterocycles. The lowest BCUT2D eigenvalue weighted by Gasteiger charge is -2.29. The molecule has 5 aromatic rings. The van der Waals surface area contributed by atoms with Gasteiger partial charge in [0.05, 0.1) is 0 Å². The molecule has 2 nitrogen and oxygen atoms in total. The molecule has 1 heterocycles. The van der Waals surface area contributed by atoms with E-state index in [0.717, 1.165) is 12.0 Å². The largest absolute Gasteiger partial charge is 0.399 e. The van der Waals surface area contributed by atoms with Crippen LogP contribution in [0.25, 0.3) is 43.8 Å². The monoisotopic (exact) mass is 488 g/mol. The van der Waals surface area contributed by atoms with Crippen LogP contribution in [0.15, 0.2) is 78.9 Å². The molecule has 0 saturated heterocycles. The molecule has 180 valence electrons. The van der Waals surface area contributed by atoms with Crippen molar-refractivity contribution in [1.82, 2.24) is 0 Å². The number of fused-ring (bicyclic) bond motifs is 3. The molecule has 0 amide bonds. The van der Waals surface area contributed by atoms with E-state index in [0.29, 0.717) is 0 Å². The maximum atomic E-state index is 6.23. The molecule has 0 aliphatic carbocycles. The third-order valence-electron chi connectivity index (χ3n) is 7.55. The van der Waals surface area contributed by atoms with E-state index < -0.39 is 0 Å². The number of aryl methyl sites for hydroxylation is 2. The van der Waals surface area contributed by atoms with Crippen molar-refractivity contribution < 1.29 is 0 Å². The summed E-state index contributed by atoms with van der Waals surface area (Å²) in [5, 5.41) is 10.7. The Morgan fingerprint density at radius 2 is 1.22 bits per heavy atom. The number of benzene rings is 5. The topological polar surface area (TPSA) is 38.0 Å². The summed E-state index contributed by atoms with van der Waals surface area (Å²) in [7, 11) is -0.348. The highest BCUT2D eigenvalue weighted by Crippen LogP contribution is 2.56. The summed E-state index contributed by atoms with van der Waals surface area (Å²) >= 11 is 0. The second kappa shape index (κ2) is 8.36. The Balaban J connectivity index is 1.78. The van der Waals surface area contributed by atoms with E-state index in [9.17, 15) is 0 Å². The van der Waals surface area contributed by atoms with Gasteiger partial charge in [-0.1, -0.05) is 81.4 Å². The van der Waals surface area contributed by atoms with Gasteiger partial charge in [0.2, 0.25) is 0 Å². The lowest BCUT2D eigenvalue weighted by molar-refractivity contribution is 0.789. The molecule has 1 atom stereocenters. The predicted octanol–water partition coefficient (Wildman–Crippen LogP) is 8.81. The smallest absolute Gasteiger partial charge is 0.0428 e. The number of nitrogen functional groups attached to an aromatic ring is 1. The van der Waals surface area contributed by atoms with Crippen LogP contribution in [0.1, 0.15) is 31.9 Å². The highest BCUT2D eigenvalue weighted by Gasteiger charge is 2.34. The second-order valence-electron chi connectivity index (χ2n) is 11.0. The van der Waals surface area contributed by atoms with E-state index >= 15 is 0 Å². The summed E-state index contributed by atoms with van der Waals surface area (Å²) in [4.78, 5) is 0. The summed E-state index contributed by atoms with van der Waals surface area (Å²) in [6.45, 7) is 11.5. The lowest BCUT2D eigenvalue weighted by Crippen LogP contribution is -2.19. The van der Waals surface area contributed by atoms with Crippen LogP contribution in [0.4, 0.5) is 11.4 Å². The zero-order valence-electron chi connectivity index (χ0n) is 21.7. The molecular formula is C33H33N2P. The van der Waals surface area contributed by atoms with E-state index in [1.165, 1.54) is 65.9 Å². The van der Waals surface area contributed by atoms with E-state index in [1.807, 2.05) is 0 Å². The SMILES string of the molecule is Cc1cc(N)cc(C)c1-c1c2ccccc2c(-c2cccc3c2P(C(C)(C)C)CN3)c2ccccc12. The van der Waals surface area contributed by atoms with Gasteiger partial charge in [0.15, 0.2) is 0 Å². The van der Waals surface area contributed by atoms with Gasteiger partial charge in [-0.3, -0.25) is 0 Å². The maximum absolute atomic E-state index is 6.23. The van der Waals surface area contributed by atoms with Gasteiger partial charge in [0.1, 0.15) is 0 Å². The minimum Gasteiger partial charge on any atom is -0.399 e. The van der Waals surface area contributed by atoms with Crippen LogP contribution in [0, 0.1) is 13.8 Å². The fourth-order valence-corrected chi connectivity index (χ4v) is 8.63. The minimum absolute atomic E-state index is 0.230. The van der Waals surface area contributed by atoms with Gasteiger partial charge in [-0.15, -0.1) is 0 Å². The fraction of sp³-hybridized carbons (Fsp3) is 0.212. The Kier molecular flexibility index (Phi) is 5.36. The lowest BCUT2D eigenvalue weighted by atomic mass is 9.83. The molecule has 0 saturated carbocycles. The highest BCUT2D eigenvalue weighted by atomic mass is 31.1. The third kappa shape index (κ3) is 3.51. The normalized spacial score (nSPS) is 15.3. The van der Waals surface area contributed by atoms with Crippen molar-refractivity contribution in [3.05, 3.63) is 90.0 Å². The van der Waals surface area contributed by atoms with E-state index in [4.69, 9.17) is 5.73 Å². The average molecular weight is 489 g/mol. The minimum atomic E-state index is -0.348. The van der Waals surface area contributed by atoms with Crippen LogP contribution in [0.2, 0.25) is 0 Å². The van der Waals surface area contributed by atoms with Gasteiger partial charge in [0.25, 0.3) is 0 Å². The zero-order valence-corrected chi connectivity index (χ0v) is 22.6. The Morgan fingerprint density at radius 3 is 1.75 bits per heavy atom. The van der Waals surface area contributed by atoms with Crippen molar-refractivity contribution in [2.45, 2.75) is 39.8 Å². The molecule has 5 aromatic carbocycles. The van der Waals surface area contributed by atoms with E-state index in [2.05, 4.69) is 119 Å². The van der Waals surface area contributed by atoms with Crippen molar-refractivity contribution in [2.24, 2.45) is 0 Å². The van der Waals surface area contributed by atoms with Gasteiger partial charge in [0, 0.05) is 23.0 Å². The van der Waals surface area contributed by atoms with Gasteiger partial charge < -0.3 is 11.1 Å². The molecule has 3 N–H and O–H groups in total. The van der Waals surface area contributed by atoms with Gasteiger partial charge in [-0.05, 0) is 100 Å². The molecule has 3 heteroatoms. The molecule has 0 fully saturated rings. The third-order valence-corrected chi connectivity index (χ3v) is 10.7. The maximum Gasteiger partial charge on any atom is 0.0428 e. The van der Waals surface area contributed by atoms with Crippen molar-refractivity contribution in [3.8, 4) is 22.3 Å². The average Bonchev–Trinajstić information content (AvgIpc) is 3.28. The van der Waals surface area contributed by atoms with Crippen LogP contribution >= 0.6 is 7.92 Å². The second-order valence-corrected chi connectivity index (χ2v) is 14.0. The van der Waals surface area contributed by atoms with Crippen molar-refractivity contribution in [2.75, 3.05) is 17.3 Å². The first-order chi connectivity index (χ1) is 17.3. The van der Waals surface area contributed by atoms with E-state index in [-0.39, 0.29) is 13.1 Å². The molecule has 1 aliphatic rings. The zero-order chi connectivity index (χ0) is 25.2. The van der Waals surface area contributed by atoms with Crippen molar-refractivity contribution in [1.29, 1.82) is 0 Å². The fourth-order valence-electron chi connectivity index (χ4n) is 6.07. The Labute approximate surface area is 215 Å². The van der Waals surface area contributed by atoms with Crippen LogP contribution in [-0.2, 0) is 0 Å². The summed E-state index contributed by atoms with van der Waals surface area (Å²) in [5.74, 6) is 0. The Morgan fingerprint density at radius 1 is 0.694 bits per heavy atom. The van der Waals surface area contributed by atoms with Crippen LogP contribution in [0.3, 0.4) is 0 Å². The predicted molar refractivity (Wildman–Crippen MR) is 161 cm³/mol. The number of nitrogens with one attached hydrogen (secondary N) is 1. The Bertz CT molecular complexity index is 1580. The van der Waals surface area contributed by atoms with Crippen LogP contribution in [-0.4, -0.2) is 11.4 Å². The van der Waals surface area contributed by atoms with Crippen molar-refractivity contribution in [3.63, 3.8) is 0 Å². The van der Waals surface area contributed by atoms with Gasteiger partial charge in [-0.25, -0.2) is 0 Å². The summed E-state index contributed by atoms with van der Waals surface area (Å²) in [6.07, 6.45) is 1.04. The molecule has 0 bridgehead atoms. The van der Waals surface area contributed by atoms with E-state index in [1.54, 1.807) is 0 Å². The Hall–Kier alpha value is -3.35. The highest BCUT2D eigenvalue weighted by molar-refractivity contribution is 7.68. The summed E-state index contributed by atoms with van der Waals surface area (Å²) < 4.78 is 0. The van der Waals surface area contributed by atoms with Crippen LogP contribution in [0.5, 0.6) is 0 Å². The molecule has 0 aromatic heterocycles. The molecule has 36 heavy (non-hydrogen) atoms. The van der Waals surface area contributed by atoms with Crippen LogP contribution < -0.4 is 16.4 Å². The standard InChI is InChI=1S/C33H33N2P/c1-20-17-22(34)18-21(2)29(20)31-25-13-8-6-11-23(25)30(24-12-7-9-14-26(24)31)27-15-10-16-28-32(27)36(19-35-28)33(3,4)5/h6-18,35H,19,34H2,1-5H3. The first kappa shape index (κ1) is 23.1. The van der Waals surface area contributed by atoms with Crippen molar-refractivity contribution >= 4 is 46.1 Å². The number of hydrogen-bond donors (Lipinski definition) is 2. The first-order valence-corrected chi connectivity index (χ1v) is 14.2. The quantitative estimate of drug-likeness (QED) is 0.148.